The van der Waals surface area contributed by atoms with Crippen molar-refractivity contribution in [2.24, 2.45) is 0 Å². The van der Waals surface area contributed by atoms with Gasteiger partial charge in [-0.25, -0.2) is 0 Å². The SMILES string of the molecule is c1ccc(-c2oc3c4cc(OCC5CO5)ccc4c4ccccc4c3c2-c2ccc(OCC3CO3)cc2)c(OCC2CO2)c1. The summed E-state index contributed by atoms with van der Waals surface area (Å²) in [6, 6.07) is 31.1. The molecule has 0 bridgehead atoms. The largest absolute Gasteiger partial charge is 0.491 e. The fraction of sp³-hybridized carbons (Fsp3) is 0.243. The normalized spacial score (nSPS) is 20.2. The van der Waals surface area contributed by atoms with Crippen molar-refractivity contribution in [3.05, 3.63) is 91.0 Å². The molecular weight excluding hydrogens is 556 g/mol. The number of para-hydroxylation sites is 1. The van der Waals surface area contributed by atoms with Crippen LogP contribution in [-0.2, 0) is 14.2 Å². The quantitative estimate of drug-likeness (QED) is 0.116. The third-order valence-electron chi connectivity index (χ3n) is 8.41. The van der Waals surface area contributed by atoms with Gasteiger partial charge < -0.3 is 32.8 Å². The molecule has 7 nitrogen and oxygen atoms in total. The van der Waals surface area contributed by atoms with Crippen LogP contribution in [0.4, 0.5) is 0 Å². The molecule has 3 saturated heterocycles. The first-order valence-electron chi connectivity index (χ1n) is 15.1. The fourth-order valence-electron chi connectivity index (χ4n) is 5.87. The molecule has 0 radical (unpaired) electrons. The Kier molecular flexibility index (Phi) is 6.21. The highest BCUT2D eigenvalue weighted by Crippen LogP contribution is 2.49. The molecule has 0 spiro atoms. The lowest BCUT2D eigenvalue weighted by molar-refractivity contribution is 0.263. The van der Waals surface area contributed by atoms with E-state index in [2.05, 4.69) is 54.6 Å². The van der Waals surface area contributed by atoms with E-state index in [1.807, 2.05) is 36.4 Å². The average Bonchev–Trinajstić information content (AvgIpc) is 3.94. The molecule has 3 unspecified atom stereocenters. The Morgan fingerprint density at radius 3 is 1.89 bits per heavy atom. The molecule has 0 saturated carbocycles. The maximum absolute atomic E-state index is 7.00. The van der Waals surface area contributed by atoms with Crippen LogP contribution in [0.3, 0.4) is 0 Å². The summed E-state index contributed by atoms with van der Waals surface area (Å²) < 4.78 is 41.5. The molecule has 220 valence electrons. The van der Waals surface area contributed by atoms with Crippen LogP contribution in [0.15, 0.2) is 95.4 Å². The number of hydrogen-bond donors (Lipinski definition) is 0. The van der Waals surface area contributed by atoms with Gasteiger partial charge >= 0.3 is 0 Å². The lowest BCUT2D eigenvalue weighted by Gasteiger charge is -2.12. The summed E-state index contributed by atoms with van der Waals surface area (Å²) in [5.41, 5.74) is 3.73. The van der Waals surface area contributed by atoms with E-state index in [0.717, 1.165) is 92.0 Å². The van der Waals surface area contributed by atoms with E-state index in [1.54, 1.807) is 0 Å². The highest BCUT2D eigenvalue weighted by Gasteiger charge is 2.28. The van der Waals surface area contributed by atoms with Gasteiger partial charge in [0.15, 0.2) is 0 Å². The van der Waals surface area contributed by atoms with Gasteiger partial charge in [-0.1, -0.05) is 48.5 Å². The molecule has 0 N–H and O–H groups in total. The molecule has 0 aliphatic carbocycles. The topological polar surface area (TPSA) is 78.4 Å². The second kappa shape index (κ2) is 10.6. The molecule has 7 heteroatoms. The molecular formula is C37H30O7. The first kappa shape index (κ1) is 25.9. The van der Waals surface area contributed by atoms with Gasteiger partial charge in [0.1, 0.15) is 66.7 Å². The van der Waals surface area contributed by atoms with Gasteiger partial charge in [0.2, 0.25) is 0 Å². The van der Waals surface area contributed by atoms with E-state index in [-0.39, 0.29) is 18.3 Å². The van der Waals surface area contributed by atoms with E-state index in [0.29, 0.717) is 19.8 Å². The summed E-state index contributed by atoms with van der Waals surface area (Å²) in [7, 11) is 0. The number of rotatable bonds is 11. The van der Waals surface area contributed by atoms with Gasteiger partial charge in [0.05, 0.1) is 25.4 Å². The van der Waals surface area contributed by atoms with E-state index in [1.165, 1.54) is 0 Å². The third kappa shape index (κ3) is 4.93. The van der Waals surface area contributed by atoms with Crippen molar-refractivity contribution < 1.29 is 32.8 Å². The molecule has 9 rings (SSSR count). The maximum atomic E-state index is 7.00. The molecule has 0 amide bonds. The molecule has 4 heterocycles. The van der Waals surface area contributed by atoms with Crippen LogP contribution in [0.2, 0.25) is 0 Å². The van der Waals surface area contributed by atoms with E-state index >= 15 is 0 Å². The maximum Gasteiger partial charge on any atom is 0.147 e. The van der Waals surface area contributed by atoms with Crippen molar-refractivity contribution in [1.82, 2.24) is 0 Å². The summed E-state index contributed by atoms with van der Waals surface area (Å²) in [5.74, 6) is 3.11. The fourth-order valence-corrected chi connectivity index (χ4v) is 5.87. The summed E-state index contributed by atoms with van der Waals surface area (Å²) in [6.45, 7) is 3.84. The summed E-state index contributed by atoms with van der Waals surface area (Å²) in [6.07, 6.45) is 0.506. The van der Waals surface area contributed by atoms with Crippen molar-refractivity contribution in [3.63, 3.8) is 0 Å². The van der Waals surface area contributed by atoms with Gasteiger partial charge in [0.25, 0.3) is 0 Å². The van der Waals surface area contributed by atoms with Crippen molar-refractivity contribution in [2.75, 3.05) is 39.6 Å². The Bertz CT molecular complexity index is 2000. The number of ether oxygens (including phenoxy) is 6. The summed E-state index contributed by atoms with van der Waals surface area (Å²) in [5, 5.41) is 5.42. The van der Waals surface area contributed by atoms with Crippen LogP contribution in [-0.4, -0.2) is 58.0 Å². The standard InChI is InChI=1S/C37H30O7/c1-2-6-30-28(5-1)29-14-13-24(39-17-26-19-41-26)15-32(29)37-35(30)34(22-9-11-23(12-10-22)38-16-25-18-40-25)36(44-37)31-7-3-4-8-33(31)43-21-27-20-42-27/h1-15,25-27H,16-21H2. The summed E-state index contributed by atoms with van der Waals surface area (Å²) in [4.78, 5) is 0. The number of fused-ring (bicyclic) bond motifs is 6. The molecule has 3 atom stereocenters. The van der Waals surface area contributed by atoms with Crippen molar-refractivity contribution in [2.45, 2.75) is 18.3 Å². The first-order chi connectivity index (χ1) is 21.8. The number of hydrogen-bond acceptors (Lipinski definition) is 7. The second-order valence-corrected chi connectivity index (χ2v) is 11.6. The molecule has 3 fully saturated rings. The Labute approximate surface area is 253 Å². The zero-order valence-corrected chi connectivity index (χ0v) is 24.0. The van der Waals surface area contributed by atoms with Crippen LogP contribution in [0.1, 0.15) is 0 Å². The van der Waals surface area contributed by atoms with Gasteiger partial charge in [-0.05, 0) is 64.2 Å². The number of epoxide rings is 3. The van der Waals surface area contributed by atoms with Crippen molar-refractivity contribution in [1.29, 1.82) is 0 Å². The third-order valence-corrected chi connectivity index (χ3v) is 8.41. The zero-order chi connectivity index (χ0) is 29.0. The average molecular weight is 587 g/mol. The Hall–Kier alpha value is -4.56. The highest BCUT2D eigenvalue weighted by atomic mass is 16.6. The monoisotopic (exact) mass is 586 g/mol. The van der Waals surface area contributed by atoms with E-state index in [4.69, 9.17) is 32.8 Å². The van der Waals surface area contributed by atoms with Crippen molar-refractivity contribution >= 4 is 32.5 Å². The summed E-state index contributed by atoms with van der Waals surface area (Å²) >= 11 is 0. The van der Waals surface area contributed by atoms with Gasteiger partial charge in [0, 0.05) is 16.3 Å². The first-order valence-corrected chi connectivity index (χ1v) is 15.1. The number of furan rings is 1. The van der Waals surface area contributed by atoms with Gasteiger partial charge in [-0.2, -0.15) is 0 Å². The van der Waals surface area contributed by atoms with Gasteiger partial charge in [-0.3, -0.25) is 0 Å². The second-order valence-electron chi connectivity index (χ2n) is 11.6. The van der Waals surface area contributed by atoms with Crippen LogP contribution < -0.4 is 14.2 Å². The lowest BCUT2D eigenvalue weighted by atomic mass is 9.92. The van der Waals surface area contributed by atoms with E-state index < -0.39 is 0 Å². The predicted octanol–water partition coefficient (Wildman–Crippen LogP) is 7.41. The van der Waals surface area contributed by atoms with Crippen molar-refractivity contribution in [3.8, 4) is 39.7 Å². The van der Waals surface area contributed by atoms with Crippen LogP contribution in [0.5, 0.6) is 17.2 Å². The van der Waals surface area contributed by atoms with Crippen LogP contribution in [0.25, 0.3) is 55.0 Å². The molecule has 3 aliphatic rings. The number of benzene rings is 5. The highest BCUT2D eigenvalue weighted by molar-refractivity contribution is 6.28. The molecule has 1 aromatic heterocycles. The van der Waals surface area contributed by atoms with Crippen LogP contribution in [0, 0.1) is 0 Å². The lowest BCUT2D eigenvalue weighted by Crippen LogP contribution is -2.04. The molecule has 44 heavy (non-hydrogen) atoms. The predicted molar refractivity (Wildman–Crippen MR) is 168 cm³/mol. The van der Waals surface area contributed by atoms with E-state index in [9.17, 15) is 0 Å². The molecule has 3 aliphatic heterocycles. The van der Waals surface area contributed by atoms with Crippen LogP contribution >= 0.6 is 0 Å². The molecule has 6 aromatic rings. The minimum absolute atomic E-state index is 0.138. The Balaban J connectivity index is 1.27. The Morgan fingerprint density at radius 2 is 1.16 bits per heavy atom. The smallest absolute Gasteiger partial charge is 0.147 e. The minimum Gasteiger partial charge on any atom is -0.491 e. The zero-order valence-electron chi connectivity index (χ0n) is 24.0. The minimum atomic E-state index is 0.138. The Morgan fingerprint density at radius 1 is 0.568 bits per heavy atom. The van der Waals surface area contributed by atoms with Gasteiger partial charge in [-0.15, -0.1) is 0 Å². The molecule has 5 aromatic carbocycles.